The normalized spacial score (nSPS) is 18.2. The molecule has 0 bridgehead atoms. The third kappa shape index (κ3) is 9.16. The van der Waals surface area contributed by atoms with Gasteiger partial charge in [0, 0.05) is 44.3 Å². The van der Waals surface area contributed by atoms with Crippen molar-refractivity contribution in [2.45, 2.75) is 64.3 Å². The average molecular weight is 531 g/mol. The van der Waals surface area contributed by atoms with Crippen LogP contribution < -0.4 is 10.8 Å². The highest BCUT2D eigenvalue weighted by Crippen LogP contribution is 2.32. The van der Waals surface area contributed by atoms with Crippen molar-refractivity contribution in [1.82, 2.24) is 15.0 Å². The van der Waals surface area contributed by atoms with Gasteiger partial charge < -0.3 is 25.5 Å². The molecule has 1 saturated heterocycles. The predicted molar refractivity (Wildman–Crippen MR) is 144 cm³/mol. The SMILES string of the molecule is COC[C@@H](C)[NH2+][O-].N#CC1(CNc2cncc(-c3cc(CC4CCCCC4)ncc3Cl)n2)CCOCC1. The summed E-state index contributed by atoms with van der Waals surface area (Å²) in [7, 11) is 1.58. The van der Waals surface area contributed by atoms with Gasteiger partial charge in [0.05, 0.1) is 41.2 Å². The van der Waals surface area contributed by atoms with Gasteiger partial charge in [0.15, 0.2) is 0 Å². The van der Waals surface area contributed by atoms with E-state index < -0.39 is 5.41 Å². The lowest BCUT2D eigenvalue weighted by Crippen LogP contribution is -2.84. The number of nitrogens with zero attached hydrogens (tertiary/aromatic N) is 4. The highest BCUT2D eigenvalue weighted by molar-refractivity contribution is 6.33. The number of methoxy groups -OCH3 is 1. The average Bonchev–Trinajstić information content (AvgIpc) is 2.94. The van der Waals surface area contributed by atoms with Gasteiger partial charge in [0.2, 0.25) is 0 Å². The summed E-state index contributed by atoms with van der Waals surface area (Å²) in [6, 6.07) is 4.57. The minimum atomic E-state index is -0.419. The molecule has 2 aromatic rings. The predicted octanol–water partition coefficient (Wildman–Crippen LogP) is 4.13. The summed E-state index contributed by atoms with van der Waals surface area (Å²) >= 11 is 6.46. The van der Waals surface area contributed by atoms with Crippen molar-refractivity contribution in [3.63, 3.8) is 0 Å². The number of nitrogens with one attached hydrogen (secondary N) is 1. The van der Waals surface area contributed by atoms with Crippen molar-refractivity contribution in [2.24, 2.45) is 11.3 Å². The van der Waals surface area contributed by atoms with E-state index in [1.165, 1.54) is 32.1 Å². The molecule has 2 aromatic heterocycles. The molecule has 3 heterocycles. The van der Waals surface area contributed by atoms with Gasteiger partial charge in [0.25, 0.3) is 0 Å². The van der Waals surface area contributed by atoms with Gasteiger partial charge in [0.1, 0.15) is 11.9 Å². The highest BCUT2D eigenvalue weighted by Gasteiger charge is 2.32. The molecule has 10 heteroatoms. The fourth-order valence-electron chi connectivity index (χ4n) is 4.71. The van der Waals surface area contributed by atoms with E-state index >= 15 is 0 Å². The van der Waals surface area contributed by atoms with Gasteiger partial charge in [-0.2, -0.15) is 5.26 Å². The van der Waals surface area contributed by atoms with E-state index in [0.29, 0.717) is 43.1 Å². The van der Waals surface area contributed by atoms with Crippen LogP contribution in [-0.4, -0.2) is 54.5 Å². The topological polar surface area (TPSA) is 133 Å². The number of anilines is 1. The summed E-state index contributed by atoms with van der Waals surface area (Å²) in [6.07, 6.45) is 14.1. The van der Waals surface area contributed by atoms with Crippen LogP contribution in [-0.2, 0) is 15.9 Å². The van der Waals surface area contributed by atoms with Gasteiger partial charge in [-0.3, -0.25) is 9.97 Å². The van der Waals surface area contributed by atoms with E-state index in [9.17, 15) is 10.5 Å². The van der Waals surface area contributed by atoms with Crippen LogP contribution >= 0.6 is 11.6 Å². The molecule has 3 N–H and O–H groups in total. The third-order valence-corrected chi connectivity index (χ3v) is 7.30. The van der Waals surface area contributed by atoms with Crippen LogP contribution in [0.2, 0.25) is 5.02 Å². The number of quaternary nitrogens is 1. The van der Waals surface area contributed by atoms with Crippen LogP contribution in [0.15, 0.2) is 24.7 Å². The zero-order valence-corrected chi connectivity index (χ0v) is 22.7. The lowest BCUT2D eigenvalue weighted by molar-refractivity contribution is -0.626. The summed E-state index contributed by atoms with van der Waals surface area (Å²) in [5.74, 6) is 1.36. The van der Waals surface area contributed by atoms with Crippen LogP contribution in [0.25, 0.3) is 11.3 Å². The second kappa shape index (κ2) is 15.2. The van der Waals surface area contributed by atoms with Crippen LogP contribution in [0, 0.1) is 27.9 Å². The first-order valence-electron chi connectivity index (χ1n) is 13.1. The van der Waals surface area contributed by atoms with Crippen LogP contribution in [0.1, 0.15) is 57.6 Å². The number of ether oxygens (including phenoxy) is 2. The molecule has 1 aliphatic carbocycles. The quantitative estimate of drug-likeness (QED) is 0.462. The monoisotopic (exact) mass is 530 g/mol. The number of nitrogens with two attached hydrogens (primary N) is 1. The number of aromatic nitrogens is 3. The Labute approximate surface area is 224 Å². The summed E-state index contributed by atoms with van der Waals surface area (Å²) in [5.41, 5.74) is 3.10. The molecule has 2 aliphatic rings. The second-order valence-corrected chi connectivity index (χ2v) is 10.5. The highest BCUT2D eigenvalue weighted by atomic mass is 35.5. The molecule has 37 heavy (non-hydrogen) atoms. The van der Waals surface area contributed by atoms with Crippen molar-refractivity contribution < 1.29 is 15.0 Å². The van der Waals surface area contributed by atoms with Gasteiger partial charge in [-0.1, -0.05) is 43.7 Å². The van der Waals surface area contributed by atoms with Crippen molar-refractivity contribution >= 4 is 17.4 Å². The van der Waals surface area contributed by atoms with Crippen LogP contribution in [0.4, 0.5) is 5.82 Å². The molecule has 1 atom stereocenters. The zero-order chi connectivity index (χ0) is 26.5. The Morgan fingerprint density at radius 3 is 2.68 bits per heavy atom. The smallest absolute Gasteiger partial charge is 0.145 e. The van der Waals surface area contributed by atoms with Crippen molar-refractivity contribution in [2.75, 3.05) is 38.8 Å². The summed E-state index contributed by atoms with van der Waals surface area (Å²) in [4.78, 5) is 13.6. The van der Waals surface area contributed by atoms with Gasteiger partial charge in [-0.25, -0.2) is 4.98 Å². The van der Waals surface area contributed by atoms with E-state index in [-0.39, 0.29) is 6.04 Å². The molecule has 0 spiro atoms. The molecule has 0 aromatic carbocycles. The summed E-state index contributed by atoms with van der Waals surface area (Å²) in [5, 5.41) is 23.3. The molecule has 2 fully saturated rings. The Morgan fingerprint density at radius 1 is 1.27 bits per heavy atom. The van der Waals surface area contributed by atoms with Gasteiger partial charge in [-0.15, -0.1) is 0 Å². The minimum absolute atomic E-state index is 0.0463. The fourth-order valence-corrected chi connectivity index (χ4v) is 4.91. The van der Waals surface area contributed by atoms with Crippen molar-refractivity contribution in [3.05, 3.63) is 40.6 Å². The van der Waals surface area contributed by atoms with E-state index in [1.807, 2.05) is 6.92 Å². The maximum Gasteiger partial charge on any atom is 0.145 e. The third-order valence-electron chi connectivity index (χ3n) is 7.00. The van der Waals surface area contributed by atoms with E-state index in [4.69, 9.17) is 21.3 Å². The van der Waals surface area contributed by atoms with Gasteiger partial charge >= 0.3 is 0 Å². The molecule has 0 amide bonds. The Bertz CT molecular complexity index is 1010. The molecular weight excluding hydrogens is 492 g/mol. The zero-order valence-electron chi connectivity index (χ0n) is 21.9. The number of hydrogen-bond donors (Lipinski definition) is 2. The van der Waals surface area contributed by atoms with E-state index in [1.54, 1.807) is 25.7 Å². The number of hydrogen-bond acceptors (Lipinski definition) is 8. The Hall–Kier alpha value is -2.35. The number of halogens is 1. The summed E-state index contributed by atoms with van der Waals surface area (Å²) in [6.45, 7) is 4.12. The molecule has 0 radical (unpaired) electrons. The molecule has 1 aliphatic heterocycles. The molecule has 9 nitrogen and oxygen atoms in total. The number of pyridine rings is 1. The first-order chi connectivity index (χ1) is 18.0. The Kier molecular flexibility index (Phi) is 12.0. The number of hydroxylamine groups is 1. The Balaban J connectivity index is 0.000000479. The number of nitriles is 1. The summed E-state index contributed by atoms with van der Waals surface area (Å²) < 4.78 is 10.1. The lowest BCUT2D eigenvalue weighted by atomic mass is 9.82. The van der Waals surface area contributed by atoms with Crippen LogP contribution in [0.3, 0.4) is 0 Å². The largest absolute Gasteiger partial charge is 0.636 e. The Morgan fingerprint density at radius 2 is 2.03 bits per heavy atom. The first-order valence-corrected chi connectivity index (χ1v) is 13.5. The van der Waals surface area contributed by atoms with Crippen molar-refractivity contribution in [1.29, 1.82) is 5.26 Å². The molecule has 0 unspecified atom stereocenters. The molecule has 4 rings (SSSR count). The first kappa shape index (κ1) is 29.2. The second-order valence-electron chi connectivity index (χ2n) is 10.1. The maximum atomic E-state index is 9.81. The van der Waals surface area contributed by atoms with Gasteiger partial charge in [-0.05, 0) is 38.2 Å². The van der Waals surface area contributed by atoms with E-state index in [0.717, 1.165) is 41.7 Å². The fraction of sp³-hybridized carbons (Fsp3) is 0.630. The maximum absolute atomic E-state index is 9.81. The van der Waals surface area contributed by atoms with Crippen molar-refractivity contribution in [3.8, 4) is 17.3 Å². The lowest BCUT2D eigenvalue weighted by Gasteiger charge is -2.30. The standard InChI is InChI=1S/C23H28ClN5O.C4H11NO2/c24-20-12-27-18(10-17-4-2-1-3-5-17)11-19(20)21-13-26-14-22(29-21)28-16-23(15-25)6-8-30-9-7-23;1-4(5-6)3-7-2/h11-14,17H,1-10,16H2,(H,28,29);4H,3,5H2,1-2H3/t;4-/m.1/s1. The molecular formula is C27H39ClN6O3. The molecule has 1 saturated carbocycles. The number of rotatable bonds is 9. The minimum Gasteiger partial charge on any atom is -0.636 e. The van der Waals surface area contributed by atoms with Crippen LogP contribution in [0.5, 0.6) is 0 Å². The molecule has 202 valence electrons. The van der Waals surface area contributed by atoms with E-state index in [2.05, 4.69) is 32.2 Å².